The lowest BCUT2D eigenvalue weighted by Gasteiger charge is -2.05. The zero-order valence-corrected chi connectivity index (χ0v) is 8.57. The molecule has 1 saturated heterocycles. The molecule has 14 heavy (non-hydrogen) atoms. The number of rotatable bonds is 4. The van der Waals surface area contributed by atoms with Crippen LogP contribution < -0.4 is 5.32 Å². The highest BCUT2D eigenvalue weighted by atomic mass is 16.5. The van der Waals surface area contributed by atoms with Crippen LogP contribution in [0.5, 0.6) is 0 Å². The Kier molecular flexibility index (Phi) is 3.16. The summed E-state index contributed by atoms with van der Waals surface area (Å²) in [7, 11) is 1.71. The third-order valence-electron chi connectivity index (χ3n) is 2.64. The lowest BCUT2D eigenvalue weighted by molar-refractivity contribution is 0.183. The molecule has 1 aromatic heterocycles. The summed E-state index contributed by atoms with van der Waals surface area (Å²) in [5, 5.41) is 7.75. The van der Waals surface area contributed by atoms with Gasteiger partial charge in [-0.05, 0) is 19.4 Å². The predicted molar refractivity (Wildman–Crippen MR) is 54.1 cm³/mol. The number of methoxy groups -OCH3 is 1. The normalized spacial score (nSPS) is 21.6. The largest absolute Gasteiger partial charge is 0.383 e. The molecule has 0 unspecified atom stereocenters. The summed E-state index contributed by atoms with van der Waals surface area (Å²) in [6.45, 7) is 2.69. The molecule has 0 amide bonds. The van der Waals surface area contributed by atoms with E-state index in [-0.39, 0.29) is 0 Å². The van der Waals surface area contributed by atoms with Crippen LogP contribution in [-0.4, -0.2) is 30.0 Å². The van der Waals surface area contributed by atoms with E-state index in [2.05, 4.69) is 16.6 Å². The third-order valence-corrected chi connectivity index (χ3v) is 2.64. The van der Waals surface area contributed by atoms with E-state index in [1.807, 2.05) is 10.9 Å². The van der Waals surface area contributed by atoms with Crippen LogP contribution in [0.25, 0.3) is 0 Å². The summed E-state index contributed by atoms with van der Waals surface area (Å²) in [4.78, 5) is 0. The number of nitrogens with zero attached hydrogens (tertiary/aromatic N) is 2. The highest BCUT2D eigenvalue weighted by Crippen LogP contribution is 2.21. The lowest BCUT2D eigenvalue weighted by atomic mass is 10.1. The van der Waals surface area contributed by atoms with E-state index < -0.39 is 0 Å². The minimum Gasteiger partial charge on any atom is -0.383 e. The maximum atomic E-state index is 5.00. The Morgan fingerprint density at radius 1 is 1.71 bits per heavy atom. The predicted octanol–water partition coefficient (Wildman–Crippen LogP) is 0.954. The molecule has 1 N–H and O–H groups in total. The Labute approximate surface area is 84.3 Å². The van der Waals surface area contributed by atoms with E-state index in [9.17, 15) is 0 Å². The molecule has 1 atom stereocenters. The Morgan fingerprint density at radius 3 is 3.36 bits per heavy atom. The van der Waals surface area contributed by atoms with Gasteiger partial charge in [-0.25, -0.2) is 0 Å². The van der Waals surface area contributed by atoms with Gasteiger partial charge in [0.25, 0.3) is 0 Å². The van der Waals surface area contributed by atoms with Crippen molar-refractivity contribution in [3.8, 4) is 0 Å². The molecule has 0 radical (unpaired) electrons. The highest BCUT2D eigenvalue weighted by Gasteiger charge is 2.17. The van der Waals surface area contributed by atoms with Crippen molar-refractivity contribution in [1.82, 2.24) is 15.1 Å². The fraction of sp³-hybridized carbons (Fsp3) is 0.700. The van der Waals surface area contributed by atoms with Crippen molar-refractivity contribution in [3.63, 3.8) is 0 Å². The van der Waals surface area contributed by atoms with E-state index in [0.717, 1.165) is 19.7 Å². The molecule has 0 bridgehead atoms. The Balaban J connectivity index is 1.94. The van der Waals surface area contributed by atoms with Crippen LogP contribution in [0.3, 0.4) is 0 Å². The molecule has 4 heteroatoms. The van der Waals surface area contributed by atoms with Crippen molar-refractivity contribution >= 4 is 0 Å². The molecular weight excluding hydrogens is 178 g/mol. The van der Waals surface area contributed by atoms with Crippen molar-refractivity contribution < 1.29 is 4.74 Å². The highest BCUT2D eigenvalue weighted by molar-refractivity contribution is 5.11. The van der Waals surface area contributed by atoms with Crippen molar-refractivity contribution in [3.05, 3.63) is 18.0 Å². The Bertz CT molecular complexity index is 279. The minimum atomic E-state index is 0.520. The zero-order chi connectivity index (χ0) is 9.80. The van der Waals surface area contributed by atoms with Gasteiger partial charge in [0, 0.05) is 24.9 Å². The Hall–Kier alpha value is -0.870. The van der Waals surface area contributed by atoms with Crippen molar-refractivity contribution in [1.29, 1.82) is 0 Å². The van der Waals surface area contributed by atoms with E-state index in [1.165, 1.54) is 18.4 Å². The number of nitrogens with one attached hydrogen (secondary N) is 1. The van der Waals surface area contributed by atoms with Gasteiger partial charge in [-0.15, -0.1) is 0 Å². The molecule has 1 aromatic rings. The molecule has 0 aromatic carbocycles. The van der Waals surface area contributed by atoms with Gasteiger partial charge in [0.2, 0.25) is 0 Å². The zero-order valence-electron chi connectivity index (χ0n) is 8.57. The molecule has 1 aliphatic heterocycles. The summed E-state index contributed by atoms with van der Waals surface area (Å²) < 4.78 is 6.95. The topological polar surface area (TPSA) is 39.1 Å². The van der Waals surface area contributed by atoms with Crippen LogP contribution in [0.15, 0.2) is 12.4 Å². The molecular formula is C10H17N3O. The van der Waals surface area contributed by atoms with Crippen molar-refractivity contribution in [2.75, 3.05) is 20.3 Å². The Morgan fingerprint density at radius 2 is 2.64 bits per heavy atom. The first-order valence-electron chi connectivity index (χ1n) is 5.15. The monoisotopic (exact) mass is 195 g/mol. The first-order valence-corrected chi connectivity index (χ1v) is 5.15. The SMILES string of the molecule is COCCn1cc([C@H]2CCCN2)cn1. The first kappa shape index (κ1) is 9.68. The molecule has 0 spiro atoms. The van der Waals surface area contributed by atoms with E-state index >= 15 is 0 Å². The number of aromatic nitrogens is 2. The second kappa shape index (κ2) is 4.57. The third kappa shape index (κ3) is 2.13. The van der Waals surface area contributed by atoms with Crippen LogP contribution in [0, 0.1) is 0 Å². The molecule has 78 valence electrons. The molecule has 2 rings (SSSR count). The molecule has 2 heterocycles. The second-order valence-electron chi connectivity index (χ2n) is 3.68. The van der Waals surface area contributed by atoms with Crippen LogP contribution in [0.2, 0.25) is 0 Å². The standard InChI is InChI=1S/C10H17N3O/c1-14-6-5-13-8-9(7-12-13)10-3-2-4-11-10/h7-8,10-11H,2-6H2,1H3/t10-/m1/s1. The summed E-state index contributed by atoms with van der Waals surface area (Å²) >= 11 is 0. The summed E-state index contributed by atoms with van der Waals surface area (Å²) in [5.41, 5.74) is 1.30. The summed E-state index contributed by atoms with van der Waals surface area (Å²) in [6, 6.07) is 0.520. The van der Waals surface area contributed by atoms with Crippen molar-refractivity contribution in [2.45, 2.75) is 25.4 Å². The molecule has 1 fully saturated rings. The van der Waals surface area contributed by atoms with Crippen molar-refractivity contribution in [2.24, 2.45) is 0 Å². The maximum Gasteiger partial charge on any atom is 0.0658 e. The van der Waals surface area contributed by atoms with Gasteiger partial charge in [-0.2, -0.15) is 5.10 Å². The number of hydrogen-bond donors (Lipinski definition) is 1. The van der Waals surface area contributed by atoms with E-state index in [4.69, 9.17) is 4.74 Å². The minimum absolute atomic E-state index is 0.520. The van der Waals surface area contributed by atoms with Crippen LogP contribution in [-0.2, 0) is 11.3 Å². The quantitative estimate of drug-likeness (QED) is 0.777. The number of hydrogen-bond acceptors (Lipinski definition) is 3. The van der Waals surface area contributed by atoms with Crippen LogP contribution >= 0.6 is 0 Å². The molecule has 4 nitrogen and oxygen atoms in total. The molecule has 0 saturated carbocycles. The average molecular weight is 195 g/mol. The van der Waals surface area contributed by atoms with E-state index in [0.29, 0.717) is 6.04 Å². The summed E-state index contributed by atoms with van der Waals surface area (Å²) in [5.74, 6) is 0. The molecule has 0 aliphatic carbocycles. The smallest absolute Gasteiger partial charge is 0.0658 e. The van der Waals surface area contributed by atoms with Crippen LogP contribution in [0.4, 0.5) is 0 Å². The van der Waals surface area contributed by atoms with Crippen LogP contribution in [0.1, 0.15) is 24.4 Å². The van der Waals surface area contributed by atoms with Gasteiger partial charge in [0.05, 0.1) is 19.3 Å². The van der Waals surface area contributed by atoms with E-state index in [1.54, 1.807) is 7.11 Å². The maximum absolute atomic E-state index is 5.00. The first-order chi connectivity index (χ1) is 6.90. The average Bonchev–Trinajstić information content (AvgIpc) is 2.85. The van der Waals surface area contributed by atoms with Gasteiger partial charge < -0.3 is 10.1 Å². The molecule has 1 aliphatic rings. The fourth-order valence-corrected chi connectivity index (χ4v) is 1.84. The summed E-state index contributed by atoms with van der Waals surface area (Å²) in [6.07, 6.45) is 6.57. The van der Waals surface area contributed by atoms with Gasteiger partial charge in [0.1, 0.15) is 0 Å². The van der Waals surface area contributed by atoms with Gasteiger partial charge >= 0.3 is 0 Å². The lowest BCUT2D eigenvalue weighted by Crippen LogP contribution is -2.12. The second-order valence-corrected chi connectivity index (χ2v) is 3.68. The number of ether oxygens (including phenoxy) is 1. The van der Waals surface area contributed by atoms with Gasteiger partial charge in [0.15, 0.2) is 0 Å². The fourth-order valence-electron chi connectivity index (χ4n) is 1.84. The van der Waals surface area contributed by atoms with Gasteiger partial charge in [-0.1, -0.05) is 0 Å². The van der Waals surface area contributed by atoms with Gasteiger partial charge in [-0.3, -0.25) is 4.68 Å².